The molecule has 2 aromatic carbocycles. The molecule has 2 rings (SSSR count). The summed E-state index contributed by atoms with van der Waals surface area (Å²) >= 11 is 6.67. The van der Waals surface area contributed by atoms with Gasteiger partial charge in [0.15, 0.2) is 11.6 Å². The van der Waals surface area contributed by atoms with E-state index in [9.17, 15) is 13.2 Å². The van der Waals surface area contributed by atoms with E-state index in [1.807, 2.05) is 19.1 Å². The molecule has 100 valence electrons. The molecule has 5 heteroatoms. The highest BCUT2D eigenvalue weighted by Gasteiger charge is 2.19. The van der Waals surface area contributed by atoms with Gasteiger partial charge in [-0.25, -0.2) is 13.2 Å². The third-order valence-electron chi connectivity index (χ3n) is 2.82. The molecular weight excluding hydrogens is 385 g/mol. The van der Waals surface area contributed by atoms with Crippen LogP contribution in [0.2, 0.25) is 0 Å². The standard InChI is InChI=1S/C14H9Br2F3/c1-7-4-8(15)2-3-9(7)14(16)10-5-12(18)13(19)6-11(10)17/h2-6,14H,1H3. The Morgan fingerprint density at radius 3 is 2.16 bits per heavy atom. The average Bonchev–Trinajstić information content (AvgIpc) is 2.33. The summed E-state index contributed by atoms with van der Waals surface area (Å²) in [6.07, 6.45) is 0. The zero-order valence-corrected chi connectivity index (χ0v) is 13.0. The first-order valence-corrected chi connectivity index (χ1v) is 7.15. The van der Waals surface area contributed by atoms with E-state index >= 15 is 0 Å². The fourth-order valence-corrected chi connectivity index (χ4v) is 3.16. The van der Waals surface area contributed by atoms with Crippen LogP contribution in [0.15, 0.2) is 34.8 Å². The summed E-state index contributed by atoms with van der Waals surface area (Å²) < 4.78 is 40.8. The van der Waals surface area contributed by atoms with Crippen molar-refractivity contribution in [1.82, 2.24) is 0 Å². The van der Waals surface area contributed by atoms with E-state index in [1.165, 1.54) is 0 Å². The summed E-state index contributed by atoms with van der Waals surface area (Å²) in [4.78, 5) is -0.532. The van der Waals surface area contributed by atoms with Crippen molar-refractivity contribution in [1.29, 1.82) is 0 Å². The molecule has 1 atom stereocenters. The summed E-state index contributed by atoms with van der Waals surface area (Å²) in [6, 6.07) is 6.94. The van der Waals surface area contributed by atoms with Gasteiger partial charge < -0.3 is 0 Å². The van der Waals surface area contributed by atoms with E-state index < -0.39 is 22.3 Å². The number of alkyl halides is 1. The number of benzene rings is 2. The molecule has 0 saturated carbocycles. The molecule has 0 heterocycles. The number of aryl methyl sites for hydroxylation is 1. The van der Waals surface area contributed by atoms with Crippen molar-refractivity contribution >= 4 is 31.9 Å². The molecule has 0 saturated heterocycles. The molecule has 19 heavy (non-hydrogen) atoms. The molecule has 1 unspecified atom stereocenters. The number of hydrogen-bond acceptors (Lipinski definition) is 0. The van der Waals surface area contributed by atoms with Crippen LogP contribution in [0.1, 0.15) is 21.5 Å². The number of rotatable bonds is 2. The van der Waals surface area contributed by atoms with Gasteiger partial charge in [-0.1, -0.05) is 37.9 Å². The van der Waals surface area contributed by atoms with Crippen LogP contribution in [0.3, 0.4) is 0 Å². The first-order chi connectivity index (χ1) is 8.90. The second kappa shape index (κ2) is 5.67. The van der Waals surface area contributed by atoms with E-state index in [0.29, 0.717) is 6.07 Å². The Morgan fingerprint density at radius 2 is 1.53 bits per heavy atom. The Hall–Kier alpha value is -0.810. The van der Waals surface area contributed by atoms with Gasteiger partial charge in [-0.05, 0) is 36.2 Å². The highest BCUT2D eigenvalue weighted by Crippen LogP contribution is 2.35. The van der Waals surface area contributed by atoms with Crippen molar-refractivity contribution in [3.63, 3.8) is 0 Å². The van der Waals surface area contributed by atoms with Crippen LogP contribution < -0.4 is 0 Å². The molecule has 0 N–H and O–H groups in total. The minimum absolute atomic E-state index is 0.0734. The summed E-state index contributed by atoms with van der Waals surface area (Å²) in [5.41, 5.74) is 1.79. The van der Waals surface area contributed by atoms with Crippen molar-refractivity contribution in [3.8, 4) is 0 Å². The summed E-state index contributed by atoms with van der Waals surface area (Å²) in [5, 5.41) is 0. The van der Waals surface area contributed by atoms with E-state index in [4.69, 9.17) is 0 Å². The van der Waals surface area contributed by atoms with Crippen molar-refractivity contribution in [2.24, 2.45) is 0 Å². The summed E-state index contributed by atoms with van der Waals surface area (Å²) in [5.74, 6) is -3.02. The first-order valence-electron chi connectivity index (χ1n) is 5.44. The molecule has 0 aliphatic carbocycles. The highest BCUT2D eigenvalue weighted by molar-refractivity contribution is 9.10. The molecule has 0 amide bonds. The number of halogens is 5. The fourth-order valence-electron chi connectivity index (χ4n) is 1.82. The Balaban J connectivity index is 2.49. The van der Waals surface area contributed by atoms with Crippen LogP contribution >= 0.6 is 31.9 Å². The summed E-state index contributed by atoms with van der Waals surface area (Å²) in [7, 11) is 0. The average molecular weight is 394 g/mol. The van der Waals surface area contributed by atoms with Crippen molar-refractivity contribution in [2.75, 3.05) is 0 Å². The van der Waals surface area contributed by atoms with Crippen LogP contribution in [0, 0.1) is 24.4 Å². The Morgan fingerprint density at radius 1 is 0.895 bits per heavy atom. The van der Waals surface area contributed by atoms with Gasteiger partial charge in [0.2, 0.25) is 0 Å². The maximum absolute atomic E-state index is 13.7. The Kier molecular flexibility index (Phi) is 4.36. The predicted molar refractivity (Wildman–Crippen MR) is 76.0 cm³/mol. The lowest BCUT2D eigenvalue weighted by molar-refractivity contribution is 0.491. The van der Waals surface area contributed by atoms with Gasteiger partial charge in [0.1, 0.15) is 5.82 Å². The lowest BCUT2D eigenvalue weighted by Crippen LogP contribution is -2.01. The second-order valence-corrected chi connectivity index (χ2v) is 5.98. The van der Waals surface area contributed by atoms with Crippen molar-refractivity contribution in [3.05, 3.63) is 68.9 Å². The van der Waals surface area contributed by atoms with Crippen molar-refractivity contribution < 1.29 is 13.2 Å². The molecule has 0 aliphatic heterocycles. The lowest BCUT2D eigenvalue weighted by atomic mass is 10.00. The highest BCUT2D eigenvalue weighted by atomic mass is 79.9. The third-order valence-corrected chi connectivity index (χ3v) is 4.30. The minimum atomic E-state index is -1.19. The van der Waals surface area contributed by atoms with Gasteiger partial charge in [-0.2, -0.15) is 0 Å². The molecule has 0 aliphatic rings. The van der Waals surface area contributed by atoms with Crippen LogP contribution in [0.5, 0.6) is 0 Å². The SMILES string of the molecule is Cc1cc(Br)ccc1C(Br)c1cc(F)c(F)cc1F. The van der Waals surface area contributed by atoms with Crippen LogP contribution in [0.4, 0.5) is 13.2 Å². The third kappa shape index (κ3) is 3.03. The topological polar surface area (TPSA) is 0 Å². The predicted octanol–water partition coefficient (Wildman–Crippen LogP) is 5.66. The van der Waals surface area contributed by atoms with Crippen LogP contribution in [0.25, 0.3) is 0 Å². The van der Waals surface area contributed by atoms with Gasteiger partial charge >= 0.3 is 0 Å². The van der Waals surface area contributed by atoms with Gasteiger partial charge in [-0.3, -0.25) is 0 Å². The van der Waals surface area contributed by atoms with Gasteiger partial charge in [0.05, 0.1) is 4.83 Å². The lowest BCUT2D eigenvalue weighted by Gasteiger charge is -2.15. The molecule has 2 aromatic rings. The largest absolute Gasteiger partial charge is 0.207 e. The zero-order valence-electron chi connectivity index (χ0n) is 9.85. The smallest absolute Gasteiger partial charge is 0.161 e. The molecule has 0 nitrogen and oxygen atoms in total. The normalized spacial score (nSPS) is 12.5. The molecule has 0 fully saturated rings. The molecule has 0 bridgehead atoms. The van der Waals surface area contributed by atoms with Gasteiger partial charge in [0.25, 0.3) is 0 Å². The van der Waals surface area contributed by atoms with Gasteiger partial charge in [0, 0.05) is 16.1 Å². The van der Waals surface area contributed by atoms with E-state index in [0.717, 1.165) is 21.7 Å². The maximum atomic E-state index is 13.7. The number of hydrogen-bond donors (Lipinski definition) is 0. The fraction of sp³-hybridized carbons (Fsp3) is 0.143. The van der Waals surface area contributed by atoms with Crippen LogP contribution in [-0.2, 0) is 0 Å². The zero-order chi connectivity index (χ0) is 14.2. The Labute approximate surface area is 125 Å². The molecule has 0 aromatic heterocycles. The molecule has 0 radical (unpaired) electrons. The van der Waals surface area contributed by atoms with Gasteiger partial charge in [-0.15, -0.1) is 0 Å². The van der Waals surface area contributed by atoms with Crippen molar-refractivity contribution in [2.45, 2.75) is 11.8 Å². The summed E-state index contributed by atoms with van der Waals surface area (Å²) in [6.45, 7) is 1.87. The van der Waals surface area contributed by atoms with Crippen LogP contribution in [-0.4, -0.2) is 0 Å². The van der Waals surface area contributed by atoms with E-state index in [-0.39, 0.29) is 5.56 Å². The van der Waals surface area contributed by atoms with E-state index in [1.54, 1.807) is 6.07 Å². The molecular formula is C14H9Br2F3. The second-order valence-electron chi connectivity index (χ2n) is 4.15. The Bertz CT molecular complexity index is 626. The minimum Gasteiger partial charge on any atom is -0.207 e. The monoisotopic (exact) mass is 392 g/mol. The quantitative estimate of drug-likeness (QED) is 0.456. The molecule has 0 spiro atoms. The van der Waals surface area contributed by atoms with E-state index in [2.05, 4.69) is 31.9 Å². The maximum Gasteiger partial charge on any atom is 0.161 e. The first kappa shape index (κ1) is 14.6.